The van der Waals surface area contributed by atoms with Crippen LogP contribution in [0.2, 0.25) is 0 Å². The highest BCUT2D eigenvalue weighted by molar-refractivity contribution is 5.98. The van der Waals surface area contributed by atoms with E-state index in [1.807, 2.05) is 0 Å². The van der Waals surface area contributed by atoms with E-state index in [2.05, 4.69) is 62.0 Å². The Balaban J connectivity index is 1.44. The first-order valence-corrected chi connectivity index (χ1v) is 12.7. The Hall–Kier alpha value is -2.83. The largest absolute Gasteiger partial charge is 0.372 e. The van der Waals surface area contributed by atoms with Gasteiger partial charge < -0.3 is 20.9 Å². The van der Waals surface area contributed by atoms with Crippen LogP contribution in [-0.2, 0) is 6.54 Å². The minimum absolute atomic E-state index is 0.139. The smallest absolute Gasteiger partial charge is 0.256 e. The molecule has 0 spiro atoms. The molecule has 0 unspecified atom stereocenters. The number of rotatable bonds is 10. The Kier molecular flexibility index (Phi) is 8.39. The first kappa shape index (κ1) is 23.3. The van der Waals surface area contributed by atoms with Gasteiger partial charge in [0.1, 0.15) is 11.4 Å². The zero-order valence-electron chi connectivity index (χ0n) is 19.9. The average molecular weight is 451 g/mol. The molecule has 1 aromatic heterocycles. The summed E-state index contributed by atoms with van der Waals surface area (Å²) in [6.45, 7) is 5.70. The highest BCUT2D eigenvalue weighted by Gasteiger charge is 2.20. The number of anilines is 3. The minimum atomic E-state index is -0.139. The summed E-state index contributed by atoms with van der Waals surface area (Å²) in [6, 6.07) is 8.84. The number of amides is 1. The van der Waals surface area contributed by atoms with Gasteiger partial charge in [-0.3, -0.25) is 4.79 Å². The highest BCUT2D eigenvalue weighted by Crippen LogP contribution is 2.24. The normalized spacial score (nSPS) is 16.6. The van der Waals surface area contributed by atoms with Crippen molar-refractivity contribution in [3.05, 3.63) is 41.6 Å². The quantitative estimate of drug-likeness (QED) is 0.444. The van der Waals surface area contributed by atoms with E-state index >= 15 is 0 Å². The maximum atomic E-state index is 13.1. The molecule has 1 aliphatic heterocycles. The first-order valence-electron chi connectivity index (χ1n) is 12.7. The van der Waals surface area contributed by atoms with Crippen LogP contribution in [0.15, 0.2) is 30.5 Å². The van der Waals surface area contributed by atoms with Gasteiger partial charge in [-0.2, -0.15) is 4.98 Å². The summed E-state index contributed by atoms with van der Waals surface area (Å²) in [5, 5.41) is 9.91. The van der Waals surface area contributed by atoms with E-state index in [1.165, 1.54) is 37.8 Å². The molecule has 33 heavy (non-hydrogen) atoms. The monoisotopic (exact) mass is 450 g/mol. The van der Waals surface area contributed by atoms with Crippen molar-refractivity contribution in [1.29, 1.82) is 0 Å². The first-order chi connectivity index (χ1) is 16.2. The van der Waals surface area contributed by atoms with Crippen LogP contribution in [0.4, 0.5) is 17.5 Å². The number of hydrogen-bond acceptors (Lipinski definition) is 6. The topological polar surface area (TPSA) is 82.2 Å². The molecule has 1 aliphatic carbocycles. The number of unbranched alkanes of at least 4 members (excludes halogenated alkanes) is 1. The van der Waals surface area contributed by atoms with Crippen LogP contribution in [0, 0.1) is 0 Å². The van der Waals surface area contributed by atoms with Crippen molar-refractivity contribution in [2.75, 3.05) is 35.2 Å². The summed E-state index contributed by atoms with van der Waals surface area (Å²) in [7, 11) is 0. The lowest BCUT2D eigenvalue weighted by Crippen LogP contribution is -2.28. The fourth-order valence-electron chi connectivity index (χ4n) is 4.68. The molecule has 2 heterocycles. The number of hydrogen-bond donors (Lipinski definition) is 3. The zero-order chi connectivity index (χ0) is 22.9. The number of benzene rings is 1. The van der Waals surface area contributed by atoms with Crippen molar-refractivity contribution in [2.45, 2.75) is 77.3 Å². The fourth-order valence-corrected chi connectivity index (χ4v) is 4.68. The van der Waals surface area contributed by atoms with Crippen molar-refractivity contribution in [3.63, 3.8) is 0 Å². The molecule has 7 nitrogen and oxygen atoms in total. The molecule has 2 fully saturated rings. The summed E-state index contributed by atoms with van der Waals surface area (Å²) in [4.78, 5) is 24.6. The van der Waals surface area contributed by atoms with E-state index in [0.29, 0.717) is 29.9 Å². The number of nitrogens with zero attached hydrogens (tertiary/aromatic N) is 3. The molecular formula is C26H38N6O. The third-order valence-electron chi connectivity index (χ3n) is 6.63. The summed E-state index contributed by atoms with van der Waals surface area (Å²) in [6.07, 6.45) is 12.3. The highest BCUT2D eigenvalue weighted by atomic mass is 16.1. The molecule has 3 N–H and O–H groups in total. The second-order valence-electron chi connectivity index (χ2n) is 9.26. The molecule has 4 rings (SSSR count). The van der Waals surface area contributed by atoms with Crippen molar-refractivity contribution >= 4 is 23.4 Å². The molecule has 2 aromatic rings. The van der Waals surface area contributed by atoms with Crippen LogP contribution in [0.5, 0.6) is 0 Å². The molecule has 1 amide bonds. The summed E-state index contributed by atoms with van der Waals surface area (Å²) in [5.74, 6) is 1.08. The second kappa shape index (κ2) is 11.9. The van der Waals surface area contributed by atoms with Gasteiger partial charge in [-0.05, 0) is 49.8 Å². The van der Waals surface area contributed by atoms with Crippen molar-refractivity contribution < 1.29 is 4.79 Å². The second-order valence-corrected chi connectivity index (χ2v) is 9.26. The SMILES string of the molecule is CCCCNc1ncc(C(=O)NCc2cccc(N3CCCC3)c2)c(NC2CCCCC2)n1. The number of carbonyl (C=O) groups is 1. The van der Waals surface area contributed by atoms with Gasteiger partial charge in [0, 0.05) is 44.1 Å². The van der Waals surface area contributed by atoms with E-state index in [0.717, 1.165) is 50.9 Å². The third kappa shape index (κ3) is 6.59. The number of carbonyl (C=O) groups excluding carboxylic acids is 1. The Labute approximate surface area is 197 Å². The Morgan fingerprint density at radius 3 is 2.73 bits per heavy atom. The Morgan fingerprint density at radius 1 is 1.12 bits per heavy atom. The van der Waals surface area contributed by atoms with Gasteiger partial charge in [-0.25, -0.2) is 4.98 Å². The van der Waals surface area contributed by atoms with Gasteiger partial charge >= 0.3 is 0 Å². The molecule has 178 valence electrons. The van der Waals surface area contributed by atoms with E-state index in [-0.39, 0.29) is 5.91 Å². The van der Waals surface area contributed by atoms with Crippen LogP contribution >= 0.6 is 0 Å². The average Bonchev–Trinajstić information content (AvgIpc) is 3.39. The standard InChI is InChI=1S/C26H38N6O/c1-2-3-14-27-26-29-19-23(24(31-26)30-21-11-5-4-6-12-21)25(33)28-18-20-10-9-13-22(17-20)32-15-7-8-16-32/h9-10,13,17,19,21H,2-8,11-12,14-16,18H2,1H3,(H,28,33)(H2,27,29,30,31). The maximum Gasteiger partial charge on any atom is 0.256 e. The lowest BCUT2D eigenvalue weighted by molar-refractivity contribution is 0.0951. The van der Waals surface area contributed by atoms with Crippen LogP contribution in [0.1, 0.15) is 80.6 Å². The molecule has 0 bridgehead atoms. The molecule has 7 heteroatoms. The molecule has 0 radical (unpaired) electrons. The van der Waals surface area contributed by atoms with Gasteiger partial charge in [-0.1, -0.05) is 44.7 Å². The van der Waals surface area contributed by atoms with Crippen molar-refractivity contribution in [3.8, 4) is 0 Å². The molecular weight excluding hydrogens is 412 g/mol. The van der Waals surface area contributed by atoms with Gasteiger partial charge in [0.05, 0.1) is 0 Å². The lowest BCUT2D eigenvalue weighted by Gasteiger charge is -2.24. The zero-order valence-corrected chi connectivity index (χ0v) is 19.9. The summed E-state index contributed by atoms with van der Waals surface area (Å²) < 4.78 is 0. The third-order valence-corrected chi connectivity index (χ3v) is 6.63. The fraction of sp³-hybridized carbons (Fsp3) is 0.577. The van der Waals surface area contributed by atoms with Gasteiger partial charge in [0.15, 0.2) is 0 Å². The van der Waals surface area contributed by atoms with Crippen LogP contribution in [0.3, 0.4) is 0 Å². The molecule has 1 aromatic carbocycles. The van der Waals surface area contributed by atoms with E-state index in [4.69, 9.17) is 0 Å². The molecule has 1 saturated heterocycles. The summed E-state index contributed by atoms with van der Waals surface area (Å²) in [5.41, 5.74) is 2.86. The van der Waals surface area contributed by atoms with Crippen LogP contribution in [-0.4, -0.2) is 41.6 Å². The van der Waals surface area contributed by atoms with E-state index in [9.17, 15) is 4.79 Å². The number of aromatic nitrogens is 2. The summed E-state index contributed by atoms with van der Waals surface area (Å²) >= 11 is 0. The van der Waals surface area contributed by atoms with Gasteiger partial charge in [0.25, 0.3) is 5.91 Å². The predicted molar refractivity (Wildman–Crippen MR) is 135 cm³/mol. The maximum absolute atomic E-state index is 13.1. The molecule has 2 aliphatic rings. The van der Waals surface area contributed by atoms with Crippen molar-refractivity contribution in [2.24, 2.45) is 0 Å². The van der Waals surface area contributed by atoms with Crippen LogP contribution in [0.25, 0.3) is 0 Å². The van der Waals surface area contributed by atoms with Gasteiger partial charge in [-0.15, -0.1) is 0 Å². The van der Waals surface area contributed by atoms with Crippen molar-refractivity contribution in [1.82, 2.24) is 15.3 Å². The Bertz CT molecular complexity index is 905. The number of nitrogens with one attached hydrogen (secondary N) is 3. The minimum Gasteiger partial charge on any atom is -0.372 e. The van der Waals surface area contributed by atoms with E-state index < -0.39 is 0 Å². The van der Waals surface area contributed by atoms with Crippen LogP contribution < -0.4 is 20.9 Å². The molecule has 1 saturated carbocycles. The predicted octanol–water partition coefficient (Wildman–Crippen LogP) is 4.96. The van der Waals surface area contributed by atoms with E-state index in [1.54, 1.807) is 6.20 Å². The lowest BCUT2D eigenvalue weighted by atomic mass is 9.95. The molecule has 0 atom stereocenters. The van der Waals surface area contributed by atoms with Gasteiger partial charge in [0.2, 0.25) is 5.95 Å². The Morgan fingerprint density at radius 2 is 1.94 bits per heavy atom.